The summed E-state index contributed by atoms with van der Waals surface area (Å²) in [6.45, 7) is 7.72. The molecule has 0 fully saturated rings. The molecular weight excluding hydrogens is 640 g/mol. The quantitative estimate of drug-likeness (QED) is 0.120. The molecule has 13 nitrogen and oxygen atoms in total. The van der Waals surface area contributed by atoms with Crippen LogP contribution >= 0.6 is 0 Å². The van der Waals surface area contributed by atoms with Crippen LogP contribution in [0, 0.1) is 5.92 Å². The van der Waals surface area contributed by atoms with Gasteiger partial charge in [0.25, 0.3) is 0 Å². The third kappa shape index (κ3) is 11.8. The Morgan fingerprint density at radius 2 is 1.56 bits per heavy atom. The van der Waals surface area contributed by atoms with Crippen LogP contribution in [0.15, 0.2) is 88.1 Å². The highest BCUT2D eigenvalue weighted by atomic mass is 16.6. The van der Waals surface area contributed by atoms with E-state index in [1.54, 1.807) is 13.1 Å². The van der Waals surface area contributed by atoms with Gasteiger partial charge in [-0.3, -0.25) is 4.79 Å². The van der Waals surface area contributed by atoms with E-state index in [0.29, 0.717) is 30.2 Å². The Bertz CT molecular complexity index is 1610. The van der Waals surface area contributed by atoms with E-state index in [1.807, 2.05) is 88.4 Å². The van der Waals surface area contributed by atoms with Crippen LogP contribution in [0.5, 0.6) is 0 Å². The van der Waals surface area contributed by atoms with Gasteiger partial charge in [0.15, 0.2) is 18.3 Å². The fourth-order valence-electron chi connectivity index (χ4n) is 5.39. The number of aliphatic hydroxyl groups excluding tert-OH is 1. The van der Waals surface area contributed by atoms with Crippen molar-refractivity contribution < 1.29 is 33.2 Å². The molecule has 4 N–H and O–H groups in total. The maximum atomic E-state index is 13.8. The van der Waals surface area contributed by atoms with Crippen LogP contribution in [-0.2, 0) is 35.5 Å². The second-order valence-corrected chi connectivity index (χ2v) is 13.1. The van der Waals surface area contributed by atoms with Gasteiger partial charge in [0, 0.05) is 25.1 Å². The van der Waals surface area contributed by atoms with Gasteiger partial charge < -0.3 is 39.6 Å². The molecule has 2 heterocycles. The number of ether oxygens (including phenoxy) is 1. The highest BCUT2D eigenvalue weighted by Crippen LogP contribution is 2.17. The van der Waals surface area contributed by atoms with Crippen LogP contribution in [0.1, 0.15) is 68.5 Å². The Hall–Kier alpha value is -5.17. The van der Waals surface area contributed by atoms with E-state index < -0.39 is 42.3 Å². The molecule has 0 aliphatic heterocycles. The molecule has 0 spiro atoms. The summed E-state index contributed by atoms with van der Waals surface area (Å²) in [5.74, 6) is 0.438. The molecule has 4 atom stereocenters. The van der Waals surface area contributed by atoms with Crippen LogP contribution in [0.4, 0.5) is 9.59 Å². The Morgan fingerprint density at radius 3 is 2.14 bits per heavy atom. The van der Waals surface area contributed by atoms with E-state index in [4.69, 9.17) is 13.7 Å². The van der Waals surface area contributed by atoms with Crippen molar-refractivity contribution in [3.05, 3.63) is 108 Å². The summed E-state index contributed by atoms with van der Waals surface area (Å²) in [5.41, 5.74) is 2.45. The molecule has 268 valence electrons. The summed E-state index contributed by atoms with van der Waals surface area (Å²) in [6, 6.07) is 18.0. The zero-order chi connectivity index (χ0) is 36.0. The van der Waals surface area contributed by atoms with Gasteiger partial charge in [0.2, 0.25) is 5.91 Å². The molecule has 50 heavy (non-hydrogen) atoms. The lowest BCUT2D eigenvalue weighted by atomic mass is 9.93. The number of aromatic nitrogens is 2. The van der Waals surface area contributed by atoms with Crippen molar-refractivity contribution in [2.75, 3.05) is 7.05 Å². The first kappa shape index (κ1) is 37.6. The minimum Gasteiger partial charge on any atom is -0.448 e. The summed E-state index contributed by atoms with van der Waals surface area (Å²) in [6.07, 6.45) is 1.98. The highest BCUT2D eigenvalue weighted by molar-refractivity contribution is 5.87. The number of nitrogens with zero attached hydrogens (tertiary/aromatic N) is 3. The molecule has 0 saturated heterocycles. The fraction of sp³-hybridized carbons (Fsp3) is 0.432. The van der Waals surface area contributed by atoms with Crippen molar-refractivity contribution in [2.45, 2.75) is 90.3 Å². The molecule has 0 aliphatic carbocycles. The Balaban J connectivity index is 1.46. The number of benzene rings is 2. The Morgan fingerprint density at radius 1 is 0.900 bits per heavy atom. The fourth-order valence-corrected chi connectivity index (χ4v) is 5.39. The topological polar surface area (TPSA) is 172 Å². The van der Waals surface area contributed by atoms with Gasteiger partial charge in [-0.15, -0.1) is 0 Å². The van der Waals surface area contributed by atoms with Gasteiger partial charge in [0.05, 0.1) is 30.6 Å². The van der Waals surface area contributed by atoms with Gasteiger partial charge in [0.1, 0.15) is 12.3 Å². The van der Waals surface area contributed by atoms with Crippen LogP contribution in [0.3, 0.4) is 0 Å². The smallest absolute Gasteiger partial charge is 0.407 e. The minimum atomic E-state index is -1.08. The van der Waals surface area contributed by atoms with Gasteiger partial charge in [-0.25, -0.2) is 14.6 Å². The van der Waals surface area contributed by atoms with Crippen molar-refractivity contribution in [1.82, 2.24) is 31.0 Å². The molecule has 4 rings (SSSR count). The highest BCUT2D eigenvalue weighted by Gasteiger charge is 2.31. The number of aliphatic hydroxyl groups is 1. The van der Waals surface area contributed by atoms with Crippen LogP contribution in [0.2, 0.25) is 0 Å². The van der Waals surface area contributed by atoms with Crippen molar-refractivity contribution in [1.29, 1.82) is 0 Å². The maximum Gasteiger partial charge on any atom is 0.407 e. The Labute approximate surface area is 292 Å². The molecule has 2 aromatic carbocycles. The molecule has 0 saturated carbocycles. The summed E-state index contributed by atoms with van der Waals surface area (Å²) in [7, 11) is 1.62. The predicted octanol–water partition coefficient (Wildman–Crippen LogP) is 4.97. The molecule has 4 amide bonds. The minimum absolute atomic E-state index is 0.101. The zero-order valence-corrected chi connectivity index (χ0v) is 29.2. The van der Waals surface area contributed by atoms with E-state index in [-0.39, 0.29) is 31.4 Å². The summed E-state index contributed by atoms with van der Waals surface area (Å²) in [4.78, 5) is 45.8. The van der Waals surface area contributed by atoms with Crippen molar-refractivity contribution in [2.24, 2.45) is 5.92 Å². The lowest BCUT2D eigenvalue weighted by Crippen LogP contribution is -2.55. The van der Waals surface area contributed by atoms with Crippen LogP contribution in [0.25, 0.3) is 0 Å². The molecule has 1 unspecified atom stereocenters. The number of hydrogen-bond acceptors (Lipinski definition) is 9. The lowest BCUT2D eigenvalue weighted by molar-refractivity contribution is -0.124. The van der Waals surface area contributed by atoms with Crippen LogP contribution in [-0.4, -0.2) is 69.5 Å². The number of nitrogens with one attached hydrogen (secondary N) is 3. The maximum absolute atomic E-state index is 13.8. The largest absolute Gasteiger partial charge is 0.448 e. The summed E-state index contributed by atoms with van der Waals surface area (Å²) < 4.78 is 15.8. The first-order valence-corrected chi connectivity index (χ1v) is 16.8. The first-order valence-electron chi connectivity index (χ1n) is 16.8. The zero-order valence-electron chi connectivity index (χ0n) is 29.2. The lowest BCUT2D eigenvalue weighted by Gasteiger charge is -2.30. The number of urea groups is 1. The molecule has 0 bridgehead atoms. The third-order valence-electron chi connectivity index (χ3n) is 8.14. The third-order valence-corrected chi connectivity index (χ3v) is 8.14. The number of alkyl carbamates (subject to hydrolysis) is 1. The standard InChI is InChI=1S/C37H48N6O7/c1-24(2)33(42-36(46)43(5)21-29-22-48-35(40-29)25(3)4)34(45)39-28(18-26-12-8-6-9-13-26)20-32(44)31(19-27-14-10-7-11-15-27)41-37(47)49-23-30-16-17-38-50-30/h6-17,22,24-25,28,31-33,44H,18-21,23H2,1-5H3,(H,39,45)(H,41,47)(H,42,46)/t28-,31-,32-,33?/m0/s1. The average molecular weight is 689 g/mol. The average Bonchev–Trinajstić information content (AvgIpc) is 3.79. The monoisotopic (exact) mass is 688 g/mol. The normalized spacial score (nSPS) is 13.7. The number of carbonyl (C=O) groups excluding carboxylic acids is 3. The van der Waals surface area contributed by atoms with Gasteiger partial charge in [-0.2, -0.15) is 0 Å². The molecule has 0 radical (unpaired) electrons. The van der Waals surface area contributed by atoms with E-state index in [0.717, 1.165) is 11.1 Å². The van der Waals surface area contributed by atoms with E-state index in [2.05, 4.69) is 26.1 Å². The van der Waals surface area contributed by atoms with Crippen molar-refractivity contribution in [3.8, 4) is 0 Å². The van der Waals surface area contributed by atoms with E-state index in [1.165, 1.54) is 17.4 Å². The number of oxazole rings is 1. The predicted molar refractivity (Wildman–Crippen MR) is 186 cm³/mol. The molecule has 4 aromatic rings. The van der Waals surface area contributed by atoms with Gasteiger partial charge >= 0.3 is 12.1 Å². The number of hydrogen-bond donors (Lipinski definition) is 4. The van der Waals surface area contributed by atoms with Crippen molar-refractivity contribution in [3.63, 3.8) is 0 Å². The van der Waals surface area contributed by atoms with E-state index in [9.17, 15) is 19.5 Å². The van der Waals surface area contributed by atoms with Gasteiger partial charge in [-0.1, -0.05) is 93.5 Å². The molecule has 2 aromatic heterocycles. The van der Waals surface area contributed by atoms with E-state index >= 15 is 0 Å². The molecule has 13 heteroatoms. The summed E-state index contributed by atoms with van der Waals surface area (Å²) in [5, 5.41) is 24.0. The molecular formula is C37H48N6O7. The first-order chi connectivity index (χ1) is 24.0. The SMILES string of the molecule is CC(C)c1nc(CN(C)C(=O)NC(C(=O)N[C@@H](Cc2ccccc2)C[C@H](O)[C@H](Cc2ccccc2)NC(=O)OCc2ccno2)C(C)C)co1. The van der Waals surface area contributed by atoms with Crippen LogP contribution < -0.4 is 16.0 Å². The summed E-state index contributed by atoms with van der Waals surface area (Å²) >= 11 is 0. The second kappa shape index (κ2) is 18.6. The molecule has 0 aliphatic rings. The van der Waals surface area contributed by atoms with Gasteiger partial charge in [-0.05, 0) is 36.3 Å². The number of carbonyl (C=O) groups is 3. The second-order valence-electron chi connectivity index (χ2n) is 13.1. The Kier molecular flexibility index (Phi) is 14.0. The number of amides is 4. The van der Waals surface area contributed by atoms with Crippen molar-refractivity contribution >= 4 is 18.0 Å². The number of rotatable bonds is 17.